The molecule has 1 aliphatic rings. The zero-order valence-corrected chi connectivity index (χ0v) is 15.2. The van der Waals surface area contributed by atoms with Crippen molar-refractivity contribution in [3.05, 3.63) is 76.9 Å². The second-order valence-electron chi connectivity index (χ2n) is 6.37. The number of Topliss-reactive ketones (excluding diaryl/α,β-unsaturated/α-hetero) is 1. The number of aliphatic hydroxyl groups excluding tert-OH is 1. The molecule has 0 aromatic heterocycles. The van der Waals surface area contributed by atoms with Crippen molar-refractivity contribution in [2.24, 2.45) is 0 Å². The molecule has 1 heterocycles. The third kappa shape index (κ3) is 3.66. The number of ether oxygens (including phenoxy) is 1. The minimum absolute atomic E-state index is 0.0998. The first-order chi connectivity index (χ1) is 13.5. The molecule has 1 N–H and O–H groups in total. The van der Waals surface area contributed by atoms with Crippen LogP contribution in [0.25, 0.3) is 5.76 Å². The molecule has 0 aliphatic carbocycles. The smallest absolute Gasteiger partial charge is 0.295 e. The monoisotopic (exact) mass is 387 g/mol. The van der Waals surface area contributed by atoms with E-state index in [0.29, 0.717) is 13.0 Å². The molecule has 1 unspecified atom stereocenters. The minimum atomic E-state index is -1.08. The average Bonchev–Trinajstić information content (AvgIpc) is 2.93. The predicted octanol–water partition coefficient (Wildman–Crippen LogP) is 3.42. The van der Waals surface area contributed by atoms with Gasteiger partial charge < -0.3 is 14.7 Å². The first-order valence-corrected chi connectivity index (χ1v) is 8.73. The first kappa shape index (κ1) is 19.7. The fourth-order valence-electron chi connectivity index (χ4n) is 3.27. The van der Waals surface area contributed by atoms with Crippen molar-refractivity contribution >= 4 is 17.4 Å². The van der Waals surface area contributed by atoms with E-state index in [0.717, 1.165) is 12.1 Å². The molecule has 1 amide bonds. The van der Waals surface area contributed by atoms with E-state index < -0.39 is 35.1 Å². The number of methoxy groups -OCH3 is 1. The maximum Gasteiger partial charge on any atom is 0.295 e. The van der Waals surface area contributed by atoms with E-state index in [9.17, 15) is 23.5 Å². The van der Waals surface area contributed by atoms with Crippen LogP contribution in [-0.2, 0) is 14.3 Å². The van der Waals surface area contributed by atoms with Gasteiger partial charge in [-0.3, -0.25) is 9.59 Å². The summed E-state index contributed by atoms with van der Waals surface area (Å²) in [6.45, 7) is 0.503. The molecule has 1 fully saturated rings. The Hall–Kier alpha value is -3.06. The highest BCUT2D eigenvalue weighted by molar-refractivity contribution is 6.46. The molecule has 0 bridgehead atoms. The van der Waals surface area contributed by atoms with Crippen molar-refractivity contribution in [3.8, 4) is 0 Å². The van der Waals surface area contributed by atoms with E-state index in [1.165, 1.54) is 42.3 Å². The van der Waals surface area contributed by atoms with Gasteiger partial charge in [-0.2, -0.15) is 0 Å². The number of carbonyl (C=O) groups excluding carboxylic acids is 2. The Labute approximate surface area is 160 Å². The minimum Gasteiger partial charge on any atom is -0.507 e. The lowest BCUT2D eigenvalue weighted by molar-refractivity contribution is -0.140. The summed E-state index contributed by atoms with van der Waals surface area (Å²) in [5, 5.41) is 10.7. The standard InChI is InChI=1S/C21H19F2NO4/c1-28-12-4-11-24-18(15-5-2-3-6-16(15)23)17(20(26)21(24)27)19(25)13-7-9-14(22)10-8-13/h2-3,5-10,18,25H,4,11-12H2,1H3/b19-17-. The maximum atomic E-state index is 14.5. The van der Waals surface area contributed by atoms with Crippen molar-refractivity contribution in [2.45, 2.75) is 12.5 Å². The molecule has 1 aliphatic heterocycles. The normalized spacial score (nSPS) is 18.7. The summed E-state index contributed by atoms with van der Waals surface area (Å²) in [4.78, 5) is 26.5. The molecule has 2 aromatic rings. The highest BCUT2D eigenvalue weighted by Crippen LogP contribution is 2.40. The Bertz CT molecular complexity index is 924. The van der Waals surface area contributed by atoms with Crippen LogP contribution in [0.4, 0.5) is 8.78 Å². The third-order valence-corrected chi connectivity index (χ3v) is 4.60. The van der Waals surface area contributed by atoms with E-state index in [-0.39, 0.29) is 23.2 Å². The van der Waals surface area contributed by atoms with Crippen LogP contribution < -0.4 is 0 Å². The zero-order chi connectivity index (χ0) is 20.3. The number of hydrogen-bond donors (Lipinski definition) is 1. The average molecular weight is 387 g/mol. The molecule has 1 atom stereocenters. The van der Waals surface area contributed by atoms with Crippen LogP contribution in [-0.4, -0.2) is 42.0 Å². The molecule has 2 aromatic carbocycles. The van der Waals surface area contributed by atoms with Gasteiger partial charge in [-0.1, -0.05) is 18.2 Å². The summed E-state index contributed by atoms with van der Waals surface area (Å²) in [7, 11) is 1.51. The van der Waals surface area contributed by atoms with Crippen LogP contribution >= 0.6 is 0 Å². The van der Waals surface area contributed by atoms with E-state index in [1.807, 2.05) is 0 Å². The largest absolute Gasteiger partial charge is 0.507 e. The first-order valence-electron chi connectivity index (χ1n) is 8.73. The van der Waals surface area contributed by atoms with Crippen LogP contribution in [0.15, 0.2) is 54.1 Å². The van der Waals surface area contributed by atoms with Crippen molar-refractivity contribution in [2.75, 3.05) is 20.3 Å². The Morgan fingerprint density at radius 1 is 1.11 bits per heavy atom. The summed E-state index contributed by atoms with van der Waals surface area (Å²) in [6, 6.07) is 9.53. The number of nitrogens with zero attached hydrogens (tertiary/aromatic N) is 1. The highest BCUT2D eigenvalue weighted by Gasteiger charge is 2.46. The molecule has 7 heteroatoms. The number of hydrogen-bond acceptors (Lipinski definition) is 4. The lowest BCUT2D eigenvalue weighted by Crippen LogP contribution is -2.31. The summed E-state index contributed by atoms with van der Waals surface area (Å²) in [5.41, 5.74) is 0.0412. The SMILES string of the molecule is COCCCN1C(=O)C(=O)/C(=C(\O)c2ccc(F)cc2)C1c1ccccc1F. The third-order valence-electron chi connectivity index (χ3n) is 4.60. The van der Waals surface area contributed by atoms with Gasteiger partial charge in [-0.15, -0.1) is 0 Å². The molecule has 5 nitrogen and oxygen atoms in total. The Morgan fingerprint density at radius 3 is 2.43 bits per heavy atom. The van der Waals surface area contributed by atoms with Crippen LogP contribution in [0.2, 0.25) is 0 Å². The lowest BCUT2D eigenvalue weighted by Gasteiger charge is -2.25. The molecule has 3 rings (SSSR count). The quantitative estimate of drug-likeness (QED) is 0.357. The van der Waals surface area contributed by atoms with Gasteiger partial charge in [0.25, 0.3) is 11.7 Å². The van der Waals surface area contributed by atoms with E-state index in [1.54, 1.807) is 6.07 Å². The van der Waals surface area contributed by atoms with E-state index in [4.69, 9.17) is 4.74 Å². The van der Waals surface area contributed by atoms with Gasteiger partial charge in [0, 0.05) is 31.4 Å². The van der Waals surface area contributed by atoms with Crippen molar-refractivity contribution in [1.82, 2.24) is 4.90 Å². The fourth-order valence-corrected chi connectivity index (χ4v) is 3.27. The molecule has 0 spiro atoms. The van der Waals surface area contributed by atoms with Crippen molar-refractivity contribution in [1.29, 1.82) is 0 Å². The number of carbonyl (C=O) groups is 2. The van der Waals surface area contributed by atoms with Gasteiger partial charge in [0.2, 0.25) is 0 Å². The van der Waals surface area contributed by atoms with Crippen LogP contribution in [0, 0.1) is 11.6 Å². The van der Waals surface area contributed by atoms with E-state index in [2.05, 4.69) is 0 Å². The molecule has 146 valence electrons. The van der Waals surface area contributed by atoms with Gasteiger partial charge >= 0.3 is 0 Å². The van der Waals surface area contributed by atoms with Crippen molar-refractivity contribution < 1.29 is 28.2 Å². The topological polar surface area (TPSA) is 66.8 Å². The summed E-state index contributed by atoms with van der Waals surface area (Å²) in [6.07, 6.45) is 0.436. The zero-order valence-electron chi connectivity index (χ0n) is 15.2. The number of amides is 1. The van der Waals surface area contributed by atoms with Crippen LogP contribution in [0.1, 0.15) is 23.6 Å². The van der Waals surface area contributed by atoms with Gasteiger partial charge in [0.1, 0.15) is 17.4 Å². The summed E-state index contributed by atoms with van der Waals surface area (Å²) in [5.74, 6) is -3.32. The molecule has 0 saturated carbocycles. The molecule has 28 heavy (non-hydrogen) atoms. The lowest BCUT2D eigenvalue weighted by atomic mass is 9.95. The molecular formula is C21H19F2NO4. The van der Waals surface area contributed by atoms with Gasteiger partial charge in [-0.25, -0.2) is 8.78 Å². The highest BCUT2D eigenvalue weighted by atomic mass is 19.1. The van der Waals surface area contributed by atoms with Crippen LogP contribution in [0.3, 0.4) is 0 Å². The number of ketones is 1. The predicted molar refractivity (Wildman–Crippen MR) is 98.3 cm³/mol. The second-order valence-corrected chi connectivity index (χ2v) is 6.37. The Balaban J connectivity index is 2.14. The number of aliphatic hydroxyl groups is 1. The number of likely N-dealkylation sites (tertiary alicyclic amines) is 1. The van der Waals surface area contributed by atoms with Gasteiger partial charge in [0.15, 0.2) is 0 Å². The van der Waals surface area contributed by atoms with Crippen molar-refractivity contribution in [3.63, 3.8) is 0 Å². The summed E-state index contributed by atoms with van der Waals surface area (Å²) < 4.78 is 32.7. The molecule has 1 saturated heterocycles. The Kier molecular flexibility index (Phi) is 5.84. The number of rotatable bonds is 6. The van der Waals surface area contributed by atoms with Crippen LogP contribution in [0.5, 0.6) is 0 Å². The maximum absolute atomic E-state index is 14.5. The van der Waals surface area contributed by atoms with Gasteiger partial charge in [0.05, 0.1) is 11.6 Å². The van der Waals surface area contributed by atoms with E-state index >= 15 is 0 Å². The fraction of sp³-hybridized carbons (Fsp3) is 0.238. The summed E-state index contributed by atoms with van der Waals surface area (Å²) >= 11 is 0. The number of halogens is 2. The number of benzene rings is 2. The Morgan fingerprint density at radius 2 is 1.79 bits per heavy atom. The second kappa shape index (κ2) is 8.31. The molecule has 0 radical (unpaired) electrons. The molecular weight excluding hydrogens is 368 g/mol. The van der Waals surface area contributed by atoms with Gasteiger partial charge in [-0.05, 0) is 36.8 Å².